The Morgan fingerprint density at radius 2 is 1.79 bits per heavy atom. The first-order chi connectivity index (χ1) is 13.1. The maximum absolute atomic E-state index is 14.5. The highest BCUT2D eigenvalue weighted by molar-refractivity contribution is 9.10. The van der Waals surface area contributed by atoms with E-state index >= 15 is 0 Å². The fourth-order valence-corrected chi connectivity index (χ4v) is 4.52. The van der Waals surface area contributed by atoms with Gasteiger partial charge in [-0.2, -0.15) is 27.5 Å². The molecular formula is C16H12BrF5N4O2. The lowest BCUT2D eigenvalue weighted by molar-refractivity contribution is -0.138. The van der Waals surface area contributed by atoms with Gasteiger partial charge in [0.2, 0.25) is 0 Å². The summed E-state index contributed by atoms with van der Waals surface area (Å²) in [4.78, 5) is 21.2. The van der Waals surface area contributed by atoms with Crippen LogP contribution in [0.25, 0.3) is 10.9 Å². The van der Waals surface area contributed by atoms with Crippen molar-refractivity contribution in [3.8, 4) is 0 Å². The molecule has 2 aromatic rings. The average Bonchev–Trinajstić information content (AvgIpc) is 2.87. The molecule has 0 aliphatic carbocycles. The molecule has 2 atom stereocenters. The number of piperazine rings is 1. The van der Waals surface area contributed by atoms with E-state index in [4.69, 9.17) is 0 Å². The number of aromatic nitrogens is 2. The molecule has 1 N–H and O–H groups in total. The van der Waals surface area contributed by atoms with E-state index in [2.05, 4.69) is 25.9 Å². The topological polar surface area (TPSA) is 69.6 Å². The Bertz CT molecular complexity index is 972. The normalized spacial score (nSPS) is 22.2. The lowest BCUT2D eigenvalue weighted by Gasteiger charge is -2.40. The number of amides is 1. The van der Waals surface area contributed by atoms with Crippen LogP contribution in [0.1, 0.15) is 18.4 Å². The van der Waals surface area contributed by atoms with Crippen molar-refractivity contribution < 1.29 is 31.9 Å². The van der Waals surface area contributed by atoms with Crippen molar-refractivity contribution in [2.45, 2.75) is 31.1 Å². The highest BCUT2D eigenvalue weighted by atomic mass is 79.9. The molecule has 2 aliphatic heterocycles. The smallest absolute Gasteiger partial charge is 0.417 e. The van der Waals surface area contributed by atoms with E-state index in [-0.39, 0.29) is 24.3 Å². The first-order valence-electron chi connectivity index (χ1n) is 8.26. The van der Waals surface area contributed by atoms with E-state index in [0.29, 0.717) is 18.9 Å². The summed E-state index contributed by atoms with van der Waals surface area (Å²) in [5, 5.41) is 9.05. The maximum Gasteiger partial charge on any atom is 0.417 e. The zero-order chi connectivity index (χ0) is 20.4. The molecule has 4 rings (SSSR count). The second kappa shape index (κ2) is 6.39. The quantitative estimate of drug-likeness (QED) is 0.507. The highest BCUT2D eigenvalue weighted by Crippen LogP contribution is 2.41. The van der Waals surface area contributed by atoms with Crippen molar-refractivity contribution in [2.75, 3.05) is 18.0 Å². The third-order valence-electron chi connectivity index (χ3n) is 5.13. The fraction of sp³-hybridized carbons (Fsp3) is 0.438. The lowest BCUT2D eigenvalue weighted by atomic mass is 10.1. The molecule has 0 spiro atoms. The van der Waals surface area contributed by atoms with Crippen LogP contribution in [0.15, 0.2) is 10.5 Å². The van der Waals surface area contributed by atoms with Gasteiger partial charge in [0.15, 0.2) is 5.82 Å². The summed E-state index contributed by atoms with van der Waals surface area (Å²) in [7, 11) is 0. The molecule has 0 radical (unpaired) electrons. The van der Waals surface area contributed by atoms with Gasteiger partial charge in [0, 0.05) is 18.5 Å². The van der Waals surface area contributed by atoms with Gasteiger partial charge < -0.3 is 10.0 Å². The van der Waals surface area contributed by atoms with Gasteiger partial charge in [0.25, 0.3) is 0 Å². The molecule has 28 heavy (non-hydrogen) atoms. The number of rotatable bonds is 1. The zero-order valence-electron chi connectivity index (χ0n) is 14.0. The highest BCUT2D eigenvalue weighted by Gasteiger charge is 2.44. The van der Waals surface area contributed by atoms with E-state index < -0.39 is 51.8 Å². The van der Waals surface area contributed by atoms with Gasteiger partial charge in [-0.1, -0.05) is 0 Å². The zero-order valence-corrected chi connectivity index (χ0v) is 15.6. The number of hydrogen-bond donors (Lipinski definition) is 1. The summed E-state index contributed by atoms with van der Waals surface area (Å²) in [5.74, 6) is -1.51. The van der Waals surface area contributed by atoms with E-state index in [0.717, 1.165) is 0 Å². The minimum Gasteiger partial charge on any atom is -0.465 e. The molecule has 1 amide bonds. The Kier molecular flexibility index (Phi) is 4.36. The number of fused-ring (bicyclic) bond motifs is 3. The number of benzene rings is 1. The molecule has 0 saturated carbocycles. The van der Waals surface area contributed by atoms with Crippen molar-refractivity contribution >= 4 is 38.7 Å². The second-order valence-corrected chi connectivity index (χ2v) is 7.54. The van der Waals surface area contributed by atoms with Crippen LogP contribution in [0, 0.1) is 11.9 Å². The van der Waals surface area contributed by atoms with Crippen molar-refractivity contribution in [1.29, 1.82) is 0 Å². The number of halogens is 6. The fourth-order valence-electron chi connectivity index (χ4n) is 4.00. The predicted octanol–water partition coefficient (Wildman–Crippen LogP) is 4.02. The molecule has 150 valence electrons. The molecular weight excluding hydrogens is 455 g/mol. The lowest BCUT2D eigenvalue weighted by Crippen LogP contribution is -2.55. The van der Waals surface area contributed by atoms with Crippen LogP contribution in [0.3, 0.4) is 0 Å². The Morgan fingerprint density at radius 1 is 1.18 bits per heavy atom. The van der Waals surface area contributed by atoms with Crippen LogP contribution in [0.5, 0.6) is 0 Å². The summed E-state index contributed by atoms with van der Waals surface area (Å²) in [6.07, 6.45) is -6.05. The van der Waals surface area contributed by atoms with Crippen molar-refractivity contribution in [2.24, 2.45) is 0 Å². The molecule has 1 aromatic carbocycles. The number of carboxylic acid groups (broad SMARTS) is 1. The van der Waals surface area contributed by atoms with E-state index in [9.17, 15) is 31.9 Å². The molecule has 12 heteroatoms. The first-order valence-corrected chi connectivity index (χ1v) is 9.06. The van der Waals surface area contributed by atoms with E-state index in [1.54, 1.807) is 0 Å². The van der Waals surface area contributed by atoms with Gasteiger partial charge in [-0.05, 0) is 34.8 Å². The third kappa shape index (κ3) is 2.93. The molecule has 6 nitrogen and oxygen atoms in total. The minimum atomic E-state index is -4.85. The summed E-state index contributed by atoms with van der Waals surface area (Å²) in [5.41, 5.74) is -1.84. The maximum atomic E-state index is 14.5. The standard InChI is InChI=1S/C16H12BrF5N4O2/c17-10-9(16(20,21)22)3-8-12(11(10)18)23-14(19)24-13(8)25-4-6-1-2-7(5-25)26(6)15(27)28/h3,6-7H,1-2,4-5H2,(H,27,28). The summed E-state index contributed by atoms with van der Waals surface area (Å²) < 4.78 is 67.5. The third-order valence-corrected chi connectivity index (χ3v) is 5.91. The molecule has 2 saturated heterocycles. The Labute approximate surface area is 163 Å². The first kappa shape index (κ1) is 19.1. The summed E-state index contributed by atoms with van der Waals surface area (Å²) in [6, 6.07) is -0.110. The van der Waals surface area contributed by atoms with Crippen LogP contribution >= 0.6 is 15.9 Å². The SMILES string of the molecule is O=C(O)N1C2CCC1CN(c1nc(F)nc3c(F)c(Br)c(C(F)(F)F)cc13)C2. The van der Waals surface area contributed by atoms with Gasteiger partial charge in [0.1, 0.15) is 11.3 Å². The summed E-state index contributed by atoms with van der Waals surface area (Å²) >= 11 is 2.57. The molecule has 1 aromatic heterocycles. The number of hydrogen-bond acceptors (Lipinski definition) is 4. The van der Waals surface area contributed by atoms with E-state index in [1.807, 2.05) is 0 Å². The van der Waals surface area contributed by atoms with Gasteiger partial charge in [-0.3, -0.25) is 4.90 Å². The molecule has 2 fully saturated rings. The Hall–Kier alpha value is -2.24. The van der Waals surface area contributed by atoms with Gasteiger partial charge in [-0.15, -0.1) is 0 Å². The van der Waals surface area contributed by atoms with E-state index in [1.165, 1.54) is 9.80 Å². The monoisotopic (exact) mass is 466 g/mol. The van der Waals surface area contributed by atoms with Crippen molar-refractivity contribution in [3.63, 3.8) is 0 Å². The molecule has 3 heterocycles. The average molecular weight is 467 g/mol. The van der Waals surface area contributed by atoms with Gasteiger partial charge in [0.05, 0.1) is 22.1 Å². The predicted molar refractivity (Wildman–Crippen MR) is 91.0 cm³/mol. The molecule has 2 aliphatic rings. The van der Waals surface area contributed by atoms with Crippen LogP contribution in [-0.2, 0) is 6.18 Å². The number of carbonyl (C=O) groups is 1. The second-order valence-electron chi connectivity index (χ2n) is 6.74. The largest absolute Gasteiger partial charge is 0.465 e. The van der Waals surface area contributed by atoms with Crippen LogP contribution in [-0.4, -0.2) is 51.2 Å². The Morgan fingerprint density at radius 3 is 2.32 bits per heavy atom. The minimum absolute atomic E-state index is 0.118. The van der Waals surface area contributed by atoms with Crippen molar-refractivity contribution in [1.82, 2.24) is 14.9 Å². The van der Waals surface area contributed by atoms with Crippen LogP contribution in [0.2, 0.25) is 0 Å². The Balaban J connectivity index is 1.86. The van der Waals surface area contributed by atoms with Gasteiger partial charge in [-0.25, -0.2) is 9.18 Å². The molecule has 2 unspecified atom stereocenters. The van der Waals surface area contributed by atoms with Gasteiger partial charge >= 0.3 is 18.3 Å². The number of anilines is 1. The van der Waals surface area contributed by atoms with Crippen LogP contribution < -0.4 is 4.90 Å². The summed E-state index contributed by atoms with van der Waals surface area (Å²) in [6.45, 7) is 0.237. The van der Waals surface area contributed by atoms with Crippen molar-refractivity contribution in [3.05, 3.63) is 28.0 Å². The van der Waals surface area contributed by atoms with Crippen LogP contribution in [0.4, 0.5) is 32.6 Å². The molecule has 2 bridgehead atoms. The number of nitrogens with zero attached hydrogens (tertiary/aromatic N) is 4. The number of alkyl halides is 3.